The lowest BCUT2D eigenvalue weighted by molar-refractivity contribution is -0.139. The molecule has 184 valence electrons. The predicted molar refractivity (Wildman–Crippen MR) is 127 cm³/mol. The average molecular weight is 494 g/mol. The van der Waals surface area contributed by atoms with Crippen molar-refractivity contribution < 1.29 is 23.5 Å². The minimum Gasteiger partial charge on any atom is -0.480 e. The number of carbonyl (C=O) groups is 2. The Kier molecular flexibility index (Phi) is 6.47. The summed E-state index contributed by atoms with van der Waals surface area (Å²) in [5.41, 5.74) is -0.397. The van der Waals surface area contributed by atoms with Gasteiger partial charge in [-0.15, -0.1) is 0 Å². The molecule has 0 fully saturated rings. The lowest BCUT2D eigenvalue weighted by Crippen LogP contribution is -2.43. The molecule has 0 aliphatic rings. The van der Waals surface area contributed by atoms with E-state index >= 15 is 0 Å². The van der Waals surface area contributed by atoms with Crippen LogP contribution in [0.25, 0.3) is 22.0 Å². The van der Waals surface area contributed by atoms with E-state index in [1.54, 1.807) is 24.3 Å². The van der Waals surface area contributed by atoms with Crippen LogP contribution >= 0.6 is 0 Å². The van der Waals surface area contributed by atoms with E-state index in [0.29, 0.717) is 22.0 Å². The molecular weight excluding hydrogens is 474 g/mol. The average Bonchev–Trinajstić information content (AvgIpc) is 2.84. The molecule has 0 aliphatic carbocycles. The van der Waals surface area contributed by atoms with Crippen LogP contribution in [0.5, 0.6) is 0 Å². The number of amides is 1. The van der Waals surface area contributed by atoms with Gasteiger partial charge in [0.25, 0.3) is 11.5 Å². The number of benzene rings is 2. The van der Waals surface area contributed by atoms with Gasteiger partial charge in [0.05, 0.1) is 11.1 Å². The quantitative estimate of drug-likeness (QED) is 0.423. The summed E-state index contributed by atoms with van der Waals surface area (Å²) in [7, 11) is 2.88. The molecule has 1 amide bonds. The van der Waals surface area contributed by atoms with Gasteiger partial charge in [0.1, 0.15) is 23.2 Å². The van der Waals surface area contributed by atoms with Gasteiger partial charge in [0.2, 0.25) is 0 Å². The number of carboxylic acid groups (broad SMARTS) is 1. The zero-order valence-electron chi connectivity index (χ0n) is 19.2. The number of carboxylic acids is 1. The molecule has 2 aromatic heterocycles. The van der Waals surface area contributed by atoms with E-state index in [2.05, 4.69) is 10.3 Å². The molecule has 4 aromatic rings. The molecule has 0 bridgehead atoms. The van der Waals surface area contributed by atoms with Crippen molar-refractivity contribution >= 4 is 22.8 Å². The summed E-state index contributed by atoms with van der Waals surface area (Å²) in [5.74, 6) is -4.86. The van der Waals surface area contributed by atoms with Crippen LogP contribution in [0.15, 0.2) is 64.4 Å². The molecule has 11 heteroatoms. The number of aliphatic carboxylic acids is 1. The number of nitrogens with zero attached hydrogens (tertiary/aromatic N) is 3. The van der Waals surface area contributed by atoms with E-state index in [0.717, 1.165) is 22.8 Å². The normalized spacial score (nSPS) is 11.9. The largest absolute Gasteiger partial charge is 0.480 e. The highest BCUT2D eigenvalue weighted by molar-refractivity contribution is 5.98. The topological polar surface area (TPSA) is 123 Å². The molecule has 2 N–H and O–H groups in total. The van der Waals surface area contributed by atoms with E-state index in [-0.39, 0.29) is 12.0 Å². The first-order valence-electron chi connectivity index (χ1n) is 10.7. The van der Waals surface area contributed by atoms with Crippen molar-refractivity contribution in [1.29, 1.82) is 0 Å². The molecule has 0 unspecified atom stereocenters. The minimum absolute atomic E-state index is 0.238. The van der Waals surface area contributed by atoms with E-state index in [4.69, 9.17) is 0 Å². The monoisotopic (exact) mass is 494 g/mol. The fourth-order valence-electron chi connectivity index (χ4n) is 3.99. The molecule has 0 saturated carbocycles. The number of nitrogens with one attached hydrogen (secondary N) is 1. The third-order valence-electron chi connectivity index (χ3n) is 5.81. The Morgan fingerprint density at radius 3 is 2.39 bits per heavy atom. The number of halogens is 2. The summed E-state index contributed by atoms with van der Waals surface area (Å²) >= 11 is 0. The number of pyridine rings is 1. The van der Waals surface area contributed by atoms with Crippen LogP contribution in [-0.2, 0) is 25.3 Å². The molecule has 0 radical (unpaired) electrons. The van der Waals surface area contributed by atoms with Crippen LogP contribution in [-0.4, -0.2) is 37.1 Å². The molecule has 36 heavy (non-hydrogen) atoms. The smallest absolute Gasteiger partial charge is 0.330 e. The molecule has 0 saturated heterocycles. The molecule has 4 rings (SSSR count). The van der Waals surface area contributed by atoms with Crippen LogP contribution in [0.3, 0.4) is 0 Å². The third kappa shape index (κ3) is 4.38. The number of aromatic nitrogens is 3. The standard InChI is InChI=1S/C25H20F2N4O5/c1-30-12-16(23(33)31(2)25(30)36)14-9-8-13(21-15(14)5-4-10-28-21)11-19(24(34)35)29-22(32)20-17(26)6-3-7-18(20)27/h3-10,12,19H,11H2,1-2H3,(H,29,32)(H,34,35)/t19-/m0/s1. The maximum Gasteiger partial charge on any atom is 0.330 e. The van der Waals surface area contributed by atoms with Crippen molar-refractivity contribution in [3.63, 3.8) is 0 Å². The molecule has 2 aromatic carbocycles. The van der Waals surface area contributed by atoms with E-state index in [1.807, 2.05) is 0 Å². The fraction of sp³-hybridized carbons (Fsp3) is 0.160. The van der Waals surface area contributed by atoms with Crippen molar-refractivity contribution in [3.8, 4) is 11.1 Å². The SMILES string of the molecule is Cn1cc(-c2ccc(C[C@H](NC(=O)c3c(F)cccc3F)C(=O)O)c3ncccc23)c(=O)n(C)c1=O. The summed E-state index contributed by atoms with van der Waals surface area (Å²) in [6, 6.07) is 7.83. The maximum absolute atomic E-state index is 14.0. The van der Waals surface area contributed by atoms with Gasteiger partial charge in [-0.3, -0.25) is 19.1 Å². The molecule has 9 nitrogen and oxygen atoms in total. The lowest BCUT2D eigenvalue weighted by Gasteiger charge is -2.17. The highest BCUT2D eigenvalue weighted by Gasteiger charge is 2.26. The first kappa shape index (κ1) is 24.5. The molecular formula is C25H20F2N4O5. The molecule has 1 atom stereocenters. The first-order valence-corrected chi connectivity index (χ1v) is 10.7. The second-order valence-electron chi connectivity index (χ2n) is 8.14. The highest BCUT2D eigenvalue weighted by Crippen LogP contribution is 2.28. The van der Waals surface area contributed by atoms with Gasteiger partial charge in [0, 0.05) is 38.3 Å². The van der Waals surface area contributed by atoms with Crippen LogP contribution in [0.1, 0.15) is 15.9 Å². The fourth-order valence-corrected chi connectivity index (χ4v) is 3.99. The van der Waals surface area contributed by atoms with Gasteiger partial charge in [-0.1, -0.05) is 24.3 Å². The summed E-state index contributed by atoms with van der Waals surface area (Å²) in [5, 5.41) is 12.4. The Morgan fingerprint density at radius 2 is 1.72 bits per heavy atom. The van der Waals surface area contributed by atoms with Gasteiger partial charge in [0.15, 0.2) is 0 Å². The van der Waals surface area contributed by atoms with Gasteiger partial charge in [-0.05, 0) is 29.3 Å². The second-order valence-corrected chi connectivity index (χ2v) is 8.14. The van der Waals surface area contributed by atoms with Gasteiger partial charge < -0.3 is 15.0 Å². The lowest BCUT2D eigenvalue weighted by atomic mass is 9.96. The van der Waals surface area contributed by atoms with Crippen molar-refractivity contribution in [2.45, 2.75) is 12.5 Å². The van der Waals surface area contributed by atoms with Gasteiger partial charge >= 0.3 is 11.7 Å². The van der Waals surface area contributed by atoms with Crippen molar-refractivity contribution in [2.24, 2.45) is 14.1 Å². The van der Waals surface area contributed by atoms with Crippen LogP contribution < -0.4 is 16.6 Å². The summed E-state index contributed by atoms with van der Waals surface area (Å²) in [6.45, 7) is 0. The Morgan fingerprint density at radius 1 is 1.03 bits per heavy atom. The van der Waals surface area contributed by atoms with E-state index in [1.165, 1.54) is 31.1 Å². The number of fused-ring (bicyclic) bond motifs is 1. The van der Waals surface area contributed by atoms with Crippen molar-refractivity contribution in [3.05, 3.63) is 98.5 Å². The van der Waals surface area contributed by atoms with Crippen LogP contribution in [0, 0.1) is 11.6 Å². The number of carbonyl (C=O) groups excluding carboxylic acids is 1. The molecule has 0 aliphatic heterocycles. The Bertz CT molecular complexity index is 1620. The van der Waals surface area contributed by atoms with E-state index in [9.17, 15) is 33.1 Å². The summed E-state index contributed by atoms with van der Waals surface area (Å²) in [6.07, 6.45) is 2.64. The van der Waals surface area contributed by atoms with E-state index < -0.39 is 46.4 Å². The van der Waals surface area contributed by atoms with Crippen LogP contribution in [0.2, 0.25) is 0 Å². The number of hydrogen-bond donors (Lipinski definition) is 2. The Balaban J connectivity index is 1.76. The van der Waals surface area contributed by atoms with Gasteiger partial charge in [-0.2, -0.15) is 0 Å². The zero-order valence-corrected chi connectivity index (χ0v) is 19.2. The predicted octanol–water partition coefficient (Wildman–Crippen LogP) is 2.00. The van der Waals surface area contributed by atoms with Crippen molar-refractivity contribution in [2.75, 3.05) is 0 Å². The number of hydrogen-bond acceptors (Lipinski definition) is 5. The number of rotatable bonds is 6. The molecule has 2 heterocycles. The van der Waals surface area contributed by atoms with Crippen molar-refractivity contribution in [1.82, 2.24) is 19.4 Å². The number of aryl methyl sites for hydroxylation is 1. The Hall–Kier alpha value is -4.67. The first-order chi connectivity index (χ1) is 17.1. The zero-order chi connectivity index (χ0) is 26.1. The highest BCUT2D eigenvalue weighted by atomic mass is 19.1. The van der Waals surface area contributed by atoms with Crippen LogP contribution in [0.4, 0.5) is 8.78 Å². The Labute approximate surface area is 202 Å². The summed E-state index contributed by atoms with van der Waals surface area (Å²) < 4.78 is 30.2. The third-order valence-corrected chi connectivity index (χ3v) is 5.81. The summed E-state index contributed by atoms with van der Waals surface area (Å²) in [4.78, 5) is 53.6. The molecule has 0 spiro atoms. The second kappa shape index (κ2) is 9.53. The van der Waals surface area contributed by atoms with Gasteiger partial charge in [-0.25, -0.2) is 18.4 Å². The maximum atomic E-state index is 14.0. The minimum atomic E-state index is -1.53.